The predicted octanol–water partition coefficient (Wildman–Crippen LogP) is 7.68. The number of hydrogen-bond donors (Lipinski definition) is 0. The van der Waals surface area contributed by atoms with Crippen molar-refractivity contribution in [1.29, 1.82) is 0 Å². The number of aromatic nitrogens is 3. The highest BCUT2D eigenvalue weighted by atomic mass is 35.7. The number of fused-ring (bicyclic) bond motifs is 5. The van der Waals surface area contributed by atoms with E-state index in [1.165, 1.54) is 24.4 Å². The SMILES string of the molecule is C#Cc1c(F)ccc2cccc(-c3ncc4c(N5C[C@H]6CC[C@@H](C5)N6C(=O)OC(C)(C)C)nc(OC[C@@]56CCCN5C[C@H](Oc5cccc(S(=O)(=O)Cl)c5)C6)nc4c3F)c12. The highest BCUT2D eigenvalue weighted by Gasteiger charge is 2.50. The van der Waals surface area contributed by atoms with Gasteiger partial charge < -0.3 is 19.1 Å². The van der Waals surface area contributed by atoms with Crippen LogP contribution in [0.1, 0.15) is 58.4 Å². The molecule has 4 aliphatic heterocycles. The minimum Gasteiger partial charge on any atom is -0.489 e. The number of nitrogens with zero attached hydrogens (tertiary/aromatic N) is 6. The second-order valence-corrected chi connectivity index (χ2v) is 19.6. The van der Waals surface area contributed by atoms with Gasteiger partial charge in [-0.2, -0.15) is 9.97 Å². The molecule has 16 heteroatoms. The van der Waals surface area contributed by atoms with Gasteiger partial charge in [0.1, 0.15) is 46.9 Å². The number of hydrogen-bond acceptors (Lipinski definition) is 11. The first-order chi connectivity index (χ1) is 28.6. The van der Waals surface area contributed by atoms with Gasteiger partial charge in [0.05, 0.1) is 33.5 Å². The van der Waals surface area contributed by atoms with Gasteiger partial charge in [-0.15, -0.1) is 6.42 Å². The molecule has 4 fully saturated rings. The first kappa shape index (κ1) is 40.1. The van der Waals surface area contributed by atoms with E-state index < -0.39 is 31.8 Å². The Kier molecular flexibility index (Phi) is 10.0. The Hall–Kier alpha value is -5.30. The smallest absolute Gasteiger partial charge is 0.410 e. The third-order valence-corrected chi connectivity index (χ3v) is 13.4. The van der Waals surface area contributed by atoms with E-state index in [2.05, 4.69) is 15.8 Å². The van der Waals surface area contributed by atoms with Crippen molar-refractivity contribution >= 4 is 53.3 Å². The summed E-state index contributed by atoms with van der Waals surface area (Å²) in [4.78, 5) is 33.7. The maximum Gasteiger partial charge on any atom is 0.410 e. The molecule has 60 heavy (non-hydrogen) atoms. The van der Waals surface area contributed by atoms with Gasteiger partial charge in [-0.05, 0) is 76.6 Å². The molecule has 0 aliphatic carbocycles. The van der Waals surface area contributed by atoms with Crippen molar-refractivity contribution in [1.82, 2.24) is 24.8 Å². The van der Waals surface area contributed by atoms with Gasteiger partial charge in [0, 0.05) is 60.0 Å². The molecule has 0 radical (unpaired) electrons. The molecule has 312 valence electrons. The van der Waals surface area contributed by atoms with Gasteiger partial charge in [-0.25, -0.2) is 22.0 Å². The van der Waals surface area contributed by atoms with E-state index >= 15 is 8.78 Å². The van der Waals surface area contributed by atoms with E-state index in [-0.39, 0.29) is 58.6 Å². The number of piperazine rings is 1. The van der Waals surface area contributed by atoms with Crippen molar-refractivity contribution in [3.63, 3.8) is 0 Å². The number of ether oxygens (including phenoxy) is 3. The number of anilines is 1. The van der Waals surface area contributed by atoms with Gasteiger partial charge >= 0.3 is 12.1 Å². The summed E-state index contributed by atoms with van der Waals surface area (Å²) in [7, 11) is 1.66. The molecule has 3 aromatic carbocycles. The molecular formula is C44H43ClF2N6O6S. The highest BCUT2D eigenvalue weighted by molar-refractivity contribution is 8.13. The van der Waals surface area contributed by atoms with Gasteiger partial charge in [0.2, 0.25) is 0 Å². The lowest BCUT2D eigenvalue weighted by molar-refractivity contribution is 0.0122. The molecule has 0 unspecified atom stereocenters. The van der Waals surface area contributed by atoms with E-state index in [1.807, 2.05) is 30.6 Å². The Labute approximate surface area is 351 Å². The maximum absolute atomic E-state index is 17.2. The first-order valence-corrected chi connectivity index (χ1v) is 22.3. The summed E-state index contributed by atoms with van der Waals surface area (Å²) in [5.41, 5.74) is -0.858. The van der Waals surface area contributed by atoms with Crippen molar-refractivity contribution in [3.05, 3.63) is 78.0 Å². The largest absolute Gasteiger partial charge is 0.489 e. The minimum absolute atomic E-state index is 0.00568. The fourth-order valence-electron chi connectivity index (χ4n) is 9.53. The van der Waals surface area contributed by atoms with Crippen LogP contribution >= 0.6 is 10.7 Å². The van der Waals surface area contributed by atoms with Crippen molar-refractivity contribution < 1.29 is 36.2 Å². The fraction of sp³-hybridized carbons (Fsp3) is 0.409. The van der Waals surface area contributed by atoms with Gasteiger partial charge in [0.25, 0.3) is 9.05 Å². The van der Waals surface area contributed by atoms with Crippen LogP contribution in [0.4, 0.5) is 19.4 Å². The standard InChI is InChI=1S/C44H43ClF2N6O6S/c1-5-32-35(46)16-13-26-9-6-12-33(36(26)32)38-37(47)39-34(21-48-38)40(51-22-27-14-15-28(23-51)53(27)42(54)59-43(2,3)4)50-41(49-39)57-25-44-17-8-18-52(44)24-30(20-44)58-29-10-7-11-31(19-29)60(45,55)56/h1,6-7,9-13,16,19,21,27-28,30H,8,14-15,17-18,20,22-25H2,2-4H3/t27-,28+,30-,44+/m1/s1. The molecule has 4 aliphatic rings. The average molecular weight is 857 g/mol. The van der Waals surface area contributed by atoms with Crippen LogP contribution in [-0.2, 0) is 13.8 Å². The summed E-state index contributed by atoms with van der Waals surface area (Å²) < 4.78 is 74.8. The normalized spacial score (nSPS) is 22.9. The van der Waals surface area contributed by atoms with Crippen molar-refractivity contribution in [3.8, 4) is 35.4 Å². The average Bonchev–Trinajstić information content (AvgIpc) is 3.83. The van der Waals surface area contributed by atoms with Crippen LogP contribution in [0.15, 0.2) is 65.7 Å². The molecule has 4 atom stereocenters. The summed E-state index contributed by atoms with van der Waals surface area (Å²) in [5.74, 6) is 1.90. The maximum atomic E-state index is 17.2. The molecule has 9 rings (SSSR count). The lowest BCUT2D eigenvalue weighted by Gasteiger charge is -2.42. The number of carbonyl (C=O) groups is 1. The molecule has 0 N–H and O–H groups in total. The molecule has 6 heterocycles. The van der Waals surface area contributed by atoms with Crippen LogP contribution in [0.3, 0.4) is 0 Å². The van der Waals surface area contributed by atoms with Gasteiger partial charge in [-0.1, -0.05) is 36.3 Å². The summed E-state index contributed by atoms with van der Waals surface area (Å²) in [5, 5.41) is 1.35. The zero-order valence-electron chi connectivity index (χ0n) is 33.3. The Morgan fingerprint density at radius 1 is 1.05 bits per heavy atom. The van der Waals surface area contributed by atoms with Crippen LogP contribution in [0, 0.1) is 24.0 Å². The van der Waals surface area contributed by atoms with Crippen LogP contribution in [0.5, 0.6) is 11.8 Å². The molecule has 0 spiro atoms. The predicted molar refractivity (Wildman–Crippen MR) is 223 cm³/mol. The molecule has 2 bridgehead atoms. The minimum atomic E-state index is -3.94. The van der Waals surface area contributed by atoms with E-state index in [0.717, 1.165) is 32.2 Å². The summed E-state index contributed by atoms with van der Waals surface area (Å²) in [6.07, 6.45) is 10.5. The Morgan fingerprint density at radius 2 is 1.82 bits per heavy atom. The summed E-state index contributed by atoms with van der Waals surface area (Å²) in [6, 6.07) is 13.8. The van der Waals surface area contributed by atoms with Crippen molar-refractivity contribution in [2.75, 3.05) is 37.7 Å². The lowest BCUT2D eigenvalue weighted by atomic mass is 9.94. The molecule has 12 nitrogen and oxygen atoms in total. The first-order valence-electron chi connectivity index (χ1n) is 20.0. The Bertz CT molecular complexity index is 2700. The van der Waals surface area contributed by atoms with E-state index in [9.17, 15) is 13.2 Å². The molecule has 1 amide bonds. The molecule has 2 aromatic heterocycles. The summed E-state index contributed by atoms with van der Waals surface area (Å²) in [6.45, 7) is 7.94. The monoisotopic (exact) mass is 856 g/mol. The van der Waals surface area contributed by atoms with E-state index in [1.54, 1.807) is 36.4 Å². The number of rotatable bonds is 8. The molecule has 0 saturated carbocycles. The van der Waals surface area contributed by atoms with E-state index in [0.29, 0.717) is 59.3 Å². The Balaban J connectivity index is 1.07. The van der Waals surface area contributed by atoms with Gasteiger partial charge in [-0.3, -0.25) is 14.8 Å². The molecule has 5 aromatic rings. The number of amides is 1. The van der Waals surface area contributed by atoms with Crippen LogP contribution < -0.4 is 14.4 Å². The van der Waals surface area contributed by atoms with Crippen LogP contribution in [-0.4, -0.2) is 101 Å². The van der Waals surface area contributed by atoms with Crippen molar-refractivity contribution in [2.45, 2.75) is 87.1 Å². The zero-order valence-corrected chi connectivity index (χ0v) is 34.9. The second-order valence-electron chi connectivity index (χ2n) is 17.1. The van der Waals surface area contributed by atoms with Crippen molar-refractivity contribution in [2.24, 2.45) is 0 Å². The third kappa shape index (κ3) is 7.32. The molecular weight excluding hydrogens is 814 g/mol. The van der Waals surface area contributed by atoms with Crippen LogP contribution in [0.2, 0.25) is 0 Å². The lowest BCUT2D eigenvalue weighted by Crippen LogP contribution is -2.57. The number of benzene rings is 3. The quantitative estimate of drug-likeness (QED) is 0.113. The number of halogens is 3. The number of carbonyl (C=O) groups excluding carboxylic acids is 1. The number of pyridine rings is 1. The van der Waals surface area contributed by atoms with E-state index in [4.69, 9.17) is 41.3 Å². The topological polar surface area (TPSA) is 127 Å². The molecule has 4 saturated heterocycles. The third-order valence-electron chi connectivity index (χ3n) is 12.1. The fourth-order valence-corrected chi connectivity index (χ4v) is 10.3. The Morgan fingerprint density at radius 3 is 2.55 bits per heavy atom. The highest BCUT2D eigenvalue weighted by Crippen LogP contribution is 2.43. The number of terminal acetylenes is 1. The second kappa shape index (κ2) is 15.0. The van der Waals surface area contributed by atoms with Crippen LogP contribution in [0.25, 0.3) is 32.9 Å². The summed E-state index contributed by atoms with van der Waals surface area (Å²) >= 11 is 0. The zero-order chi connectivity index (χ0) is 42.1. The van der Waals surface area contributed by atoms with Gasteiger partial charge in [0.15, 0.2) is 5.82 Å².